The van der Waals surface area contributed by atoms with Crippen LogP contribution in [0.1, 0.15) is 45.0 Å². The molecule has 0 N–H and O–H groups in total. The van der Waals surface area contributed by atoms with Crippen LogP contribution in [-0.4, -0.2) is 28.0 Å². The van der Waals surface area contributed by atoms with Gasteiger partial charge in [0.05, 0.1) is 10.6 Å². The van der Waals surface area contributed by atoms with Crippen molar-refractivity contribution in [3.8, 4) is 0 Å². The Hall–Kier alpha value is -2.69. The van der Waals surface area contributed by atoms with Crippen molar-refractivity contribution >= 4 is 34.8 Å². The molecule has 6 heteroatoms. The number of halogens is 2. The normalized spacial score (nSPS) is 17.9. The minimum atomic E-state index is -0.0223. The van der Waals surface area contributed by atoms with Gasteiger partial charge in [-0.25, -0.2) is 0 Å². The van der Waals surface area contributed by atoms with Gasteiger partial charge in [0.2, 0.25) is 0 Å². The van der Waals surface area contributed by atoms with Gasteiger partial charge in [0.1, 0.15) is 0 Å². The van der Waals surface area contributed by atoms with Crippen molar-refractivity contribution in [1.82, 2.24) is 9.88 Å². The highest BCUT2D eigenvalue weighted by molar-refractivity contribution is 6.34. The van der Waals surface area contributed by atoms with Crippen LogP contribution in [0.15, 0.2) is 65.9 Å². The van der Waals surface area contributed by atoms with E-state index in [2.05, 4.69) is 11.1 Å². The minimum Gasteiger partial charge on any atom is -0.330 e. The van der Waals surface area contributed by atoms with Gasteiger partial charge in [0.25, 0.3) is 5.91 Å². The van der Waals surface area contributed by atoms with Crippen molar-refractivity contribution < 1.29 is 4.79 Å². The van der Waals surface area contributed by atoms with Crippen molar-refractivity contribution in [2.75, 3.05) is 6.54 Å². The molecule has 0 bridgehead atoms. The third kappa shape index (κ3) is 3.51. The summed E-state index contributed by atoms with van der Waals surface area (Å²) in [5, 5.41) is 1.21. The molecule has 0 saturated heterocycles. The fraction of sp³-hybridized carbons (Fsp3) is 0.208. The summed E-state index contributed by atoms with van der Waals surface area (Å²) in [7, 11) is 0. The predicted octanol–water partition coefficient (Wildman–Crippen LogP) is 5.52. The molecule has 3 heterocycles. The van der Waals surface area contributed by atoms with E-state index in [9.17, 15) is 4.79 Å². The van der Waals surface area contributed by atoms with Crippen LogP contribution in [0.3, 0.4) is 0 Å². The maximum Gasteiger partial charge on any atom is 0.256 e. The van der Waals surface area contributed by atoms with E-state index in [4.69, 9.17) is 28.2 Å². The lowest BCUT2D eigenvalue weighted by Gasteiger charge is -2.16. The topological polar surface area (TPSA) is 45.6 Å². The first-order valence-corrected chi connectivity index (χ1v) is 10.7. The largest absolute Gasteiger partial charge is 0.330 e. The van der Waals surface area contributed by atoms with E-state index in [1.54, 1.807) is 12.4 Å². The van der Waals surface area contributed by atoms with Gasteiger partial charge in [0.15, 0.2) is 0 Å². The molecule has 30 heavy (non-hydrogen) atoms. The summed E-state index contributed by atoms with van der Waals surface area (Å²) in [6.45, 7) is 1.88. The van der Waals surface area contributed by atoms with Crippen molar-refractivity contribution in [1.29, 1.82) is 0 Å². The number of amides is 1. The first kappa shape index (κ1) is 19.3. The lowest BCUT2D eigenvalue weighted by atomic mass is 9.88. The number of carbonyl (C=O) groups excluding carboxylic acids is 1. The van der Waals surface area contributed by atoms with Crippen LogP contribution >= 0.6 is 23.2 Å². The van der Waals surface area contributed by atoms with Crippen LogP contribution in [-0.2, 0) is 13.1 Å². The summed E-state index contributed by atoms with van der Waals surface area (Å²) in [5.41, 5.74) is 5.92. The monoisotopic (exact) mass is 435 g/mol. The maximum atomic E-state index is 13.0. The van der Waals surface area contributed by atoms with Crippen molar-refractivity contribution in [3.05, 3.63) is 98.8 Å². The first-order chi connectivity index (χ1) is 14.6. The Morgan fingerprint density at radius 3 is 2.57 bits per heavy atom. The molecule has 0 fully saturated rings. The Morgan fingerprint density at radius 1 is 1.03 bits per heavy atom. The number of aliphatic imine (C=N–C) groups is 1. The van der Waals surface area contributed by atoms with Gasteiger partial charge in [-0.2, -0.15) is 0 Å². The second-order valence-corrected chi connectivity index (χ2v) is 8.51. The number of pyridine rings is 1. The van der Waals surface area contributed by atoms with Gasteiger partial charge in [0, 0.05) is 48.7 Å². The fourth-order valence-corrected chi connectivity index (χ4v) is 4.78. The molecule has 1 unspecified atom stereocenters. The Bertz CT molecular complexity index is 1140. The lowest BCUT2D eigenvalue weighted by Crippen LogP contribution is -2.23. The molecule has 0 aliphatic carbocycles. The summed E-state index contributed by atoms with van der Waals surface area (Å²) in [6, 6.07) is 15.6. The fourth-order valence-electron chi connectivity index (χ4n) is 4.33. The number of fused-ring (bicyclic) bond motifs is 1. The molecule has 2 aliphatic rings. The smallest absolute Gasteiger partial charge is 0.256 e. The highest BCUT2D eigenvalue weighted by atomic mass is 35.5. The van der Waals surface area contributed by atoms with Crippen LogP contribution in [0, 0.1) is 0 Å². The number of hydrogen-bond acceptors (Lipinski definition) is 3. The van der Waals surface area contributed by atoms with E-state index in [1.165, 1.54) is 0 Å². The van der Waals surface area contributed by atoms with E-state index in [1.807, 2.05) is 47.4 Å². The summed E-state index contributed by atoms with van der Waals surface area (Å²) in [5.74, 6) is 0.154. The molecule has 0 radical (unpaired) electrons. The predicted molar refractivity (Wildman–Crippen MR) is 119 cm³/mol. The third-order valence-corrected chi connectivity index (χ3v) is 6.30. The maximum absolute atomic E-state index is 13.0. The molecular weight excluding hydrogens is 417 g/mol. The molecule has 2 aromatic carbocycles. The van der Waals surface area contributed by atoms with E-state index < -0.39 is 0 Å². The average molecular weight is 436 g/mol. The SMILES string of the molecule is O=C1c2c(Cl)cc(C3CCN=C3c3ccncc3)cc2CN1Cc1ccc(Cl)cc1. The van der Waals surface area contributed by atoms with E-state index >= 15 is 0 Å². The third-order valence-electron chi connectivity index (χ3n) is 5.75. The molecule has 5 rings (SSSR count). The summed E-state index contributed by atoms with van der Waals surface area (Å²) >= 11 is 12.6. The number of aromatic nitrogens is 1. The zero-order valence-corrected chi connectivity index (χ0v) is 17.7. The van der Waals surface area contributed by atoms with Gasteiger partial charge < -0.3 is 4.90 Å². The molecule has 2 aliphatic heterocycles. The number of rotatable bonds is 4. The molecule has 1 aromatic heterocycles. The molecule has 4 nitrogen and oxygen atoms in total. The average Bonchev–Trinajstić information content (AvgIpc) is 3.36. The van der Waals surface area contributed by atoms with Gasteiger partial charge in [-0.3, -0.25) is 14.8 Å². The lowest BCUT2D eigenvalue weighted by molar-refractivity contribution is 0.0767. The highest BCUT2D eigenvalue weighted by Gasteiger charge is 2.32. The van der Waals surface area contributed by atoms with Gasteiger partial charge in [-0.05, 0) is 59.0 Å². The Labute approximate surface area is 185 Å². The number of carbonyl (C=O) groups is 1. The van der Waals surface area contributed by atoms with Crippen molar-refractivity contribution in [2.24, 2.45) is 4.99 Å². The van der Waals surface area contributed by atoms with Gasteiger partial charge in [-0.1, -0.05) is 41.4 Å². The standard InChI is InChI=1S/C24H19Cl2N3O/c25-19-3-1-15(2-4-19)13-29-14-18-11-17(12-21(26)22(18)24(29)30)20-7-10-28-23(20)16-5-8-27-9-6-16/h1-6,8-9,11-12,20H,7,10,13-14H2. The molecule has 150 valence electrons. The second kappa shape index (κ2) is 7.86. The number of nitrogens with zero attached hydrogens (tertiary/aromatic N) is 3. The quantitative estimate of drug-likeness (QED) is 0.541. The van der Waals surface area contributed by atoms with E-state index in [-0.39, 0.29) is 11.8 Å². The van der Waals surface area contributed by atoms with Gasteiger partial charge in [-0.15, -0.1) is 0 Å². The molecule has 1 atom stereocenters. The summed E-state index contributed by atoms with van der Waals surface area (Å²) < 4.78 is 0. The van der Waals surface area contributed by atoms with Crippen LogP contribution in [0.2, 0.25) is 10.0 Å². The first-order valence-electron chi connectivity index (χ1n) is 9.91. The molecule has 1 amide bonds. The molecule has 0 spiro atoms. The minimum absolute atomic E-state index is 0.0223. The highest BCUT2D eigenvalue weighted by Crippen LogP contribution is 2.37. The zero-order valence-electron chi connectivity index (χ0n) is 16.2. The number of benzene rings is 2. The Morgan fingerprint density at radius 2 is 1.80 bits per heavy atom. The van der Waals surface area contributed by atoms with Crippen LogP contribution < -0.4 is 0 Å². The van der Waals surface area contributed by atoms with Crippen molar-refractivity contribution in [2.45, 2.75) is 25.4 Å². The molecule has 3 aromatic rings. The number of hydrogen-bond donors (Lipinski definition) is 0. The van der Waals surface area contributed by atoms with Crippen LogP contribution in [0.5, 0.6) is 0 Å². The summed E-state index contributed by atoms with van der Waals surface area (Å²) in [4.78, 5) is 23.7. The Balaban J connectivity index is 1.43. The van der Waals surface area contributed by atoms with E-state index in [0.29, 0.717) is 28.7 Å². The second-order valence-electron chi connectivity index (χ2n) is 7.67. The van der Waals surface area contributed by atoms with Crippen LogP contribution in [0.25, 0.3) is 0 Å². The van der Waals surface area contributed by atoms with E-state index in [0.717, 1.165) is 40.9 Å². The Kier molecular flexibility index (Phi) is 5.05. The molecule has 0 saturated carbocycles. The molecular formula is C24H19Cl2N3O. The van der Waals surface area contributed by atoms with Crippen molar-refractivity contribution in [3.63, 3.8) is 0 Å². The van der Waals surface area contributed by atoms with Gasteiger partial charge >= 0.3 is 0 Å². The summed E-state index contributed by atoms with van der Waals surface area (Å²) in [6.07, 6.45) is 4.52. The van der Waals surface area contributed by atoms with Crippen LogP contribution in [0.4, 0.5) is 0 Å². The zero-order chi connectivity index (χ0) is 20.7.